The summed E-state index contributed by atoms with van der Waals surface area (Å²) in [6.45, 7) is 2.52. The molecule has 1 aromatic carbocycles. The third-order valence-corrected chi connectivity index (χ3v) is 3.51. The second-order valence-electron chi connectivity index (χ2n) is 4.89. The molecule has 1 aromatic heterocycles. The summed E-state index contributed by atoms with van der Waals surface area (Å²) in [4.78, 5) is 23.5. The maximum atomic E-state index is 11.8. The minimum Gasteiger partial charge on any atom is -0.305 e. The lowest BCUT2D eigenvalue weighted by Gasteiger charge is -2.16. The number of benzene rings is 1. The first-order chi connectivity index (χ1) is 9.50. The highest BCUT2D eigenvalue weighted by Gasteiger charge is 2.08. The average molecular weight is 273 g/mol. The number of hydrogen-bond acceptors (Lipinski definition) is 3. The van der Waals surface area contributed by atoms with Crippen LogP contribution in [0.2, 0.25) is 0 Å². The predicted octanol–water partition coefficient (Wildman–Crippen LogP) is 0.935. The summed E-state index contributed by atoms with van der Waals surface area (Å²) in [6, 6.07) is 11.7. The predicted molar refractivity (Wildman–Crippen MR) is 78.6 cm³/mol. The molecule has 0 spiro atoms. The van der Waals surface area contributed by atoms with Crippen LogP contribution in [-0.4, -0.2) is 9.13 Å². The lowest BCUT2D eigenvalue weighted by Crippen LogP contribution is -2.39. The van der Waals surface area contributed by atoms with E-state index in [4.69, 9.17) is 0 Å². The van der Waals surface area contributed by atoms with Crippen LogP contribution in [0.1, 0.15) is 24.2 Å². The van der Waals surface area contributed by atoms with Crippen molar-refractivity contribution in [1.82, 2.24) is 14.5 Å². The average Bonchev–Trinajstić information content (AvgIpc) is 2.48. The summed E-state index contributed by atoms with van der Waals surface area (Å²) in [5, 5.41) is 3.32. The van der Waals surface area contributed by atoms with Gasteiger partial charge in [-0.3, -0.25) is 13.9 Å². The maximum absolute atomic E-state index is 11.8. The van der Waals surface area contributed by atoms with Crippen LogP contribution in [0.25, 0.3) is 0 Å². The van der Waals surface area contributed by atoms with Gasteiger partial charge in [-0.2, -0.15) is 0 Å². The Hall–Kier alpha value is -2.14. The molecule has 0 amide bonds. The first kappa shape index (κ1) is 14.3. The van der Waals surface area contributed by atoms with Gasteiger partial charge in [-0.1, -0.05) is 30.3 Å². The smallest absolute Gasteiger partial charge is 0.305 e. The van der Waals surface area contributed by atoms with Crippen molar-refractivity contribution in [3.63, 3.8) is 0 Å². The van der Waals surface area contributed by atoms with Gasteiger partial charge in [0.1, 0.15) is 0 Å². The fourth-order valence-corrected chi connectivity index (χ4v) is 2.07. The van der Waals surface area contributed by atoms with Gasteiger partial charge in [0.25, 0.3) is 5.56 Å². The number of aromatic nitrogens is 2. The van der Waals surface area contributed by atoms with Gasteiger partial charge in [0, 0.05) is 38.4 Å². The molecule has 5 heteroatoms. The molecule has 20 heavy (non-hydrogen) atoms. The van der Waals surface area contributed by atoms with E-state index in [0.717, 1.165) is 4.57 Å². The van der Waals surface area contributed by atoms with E-state index in [-0.39, 0.29) is 17.3 Å². The van der Waals surface area contributed by atoms with Gasteiger partial charge in [0.15, 0.2) is 0 Å². The lowest BCUT2D eigenvalue weighted by molar-refractivity contribution is 0.540. The summed E-state index contributed by atoms with van der Waals surface area (Å²) in [5.74, 6) is 0. The Bertz CT molecular complexity index is 701. The van der Waals surface area contributed by atoms with Gasteiger partial charge in [-0.05, 0) is 12.5 Å². The number of hydrogen-bond donors (Lipinski definition) is 1. The van der Waals surface area contributed by atoms with Crippen molar-refractivity contribution < 1.29 is 0 Å². The second kappa shape index (κ2) is 5.88. The third kappa shape index (κ3) is 2.88. The van der Waals surface area contributed by atoms with E-state index in [1.54, 1.807) is 7.05 Å². The minimum absolute atomic E-state index is 0.148. The van der Waals surface area contributed by atoms with E-state index in [0.29, 0.717) is 12.2 Å². The topological polar surface area (TPSA) is 56.0 Å². The van der Waals surface area contributed by atoms with Crippen LogP contribution < -0.4 is 16.6 Å². The normalized spacial score (nSPS) is 12.3. The van der Waals surface area contributed by atoms with Crippen molar-refractivity contribution in [2.75, 3.05) is 0 Å². The molecule has 0 aliphatic rings. The van der Waals surface area contributed by atoms with Crippen molar-refractivity contribution >= 4 is 0 Å². The van der Waals surface area contributed by atoms with Gasteiger partial charge in [0.2, 0.25) is 0 Å². The number of nitrogens with zero attached hydrogens (tertiary/aromatic N) is 2. The molecule has 0 bridgehead atoms. The molecule has 1 atom stereocenters. The molecule has 2 aromatic rings. The SMILES string of the molecule is CC(NCc1cc(=O)n(C)c(=O)n1C)c1ccccc1. The second-order valence-corrected chi connectivity index (χ2v) is 4.89. The van der Waals surface area contributed by atoms with E-state index in [2.05, 4.69) is 12.2 Å². The van der Waals surface area contributed by atoms with E-state index in [1.807, 2.05) is 30.3 Å². The van der Waals surface area contributed by atoms with E-state index >= 15 is 0 Å². The van der Waals surface area contributed by atoms with E-state index in [1.165, 1.54) is 23.2 Å². The van der Waals surface area contributed by atoms with Crippen LogP contribution in [0, 0.1) is 0 Å². The summed E-state index contributed by atoms with van der Waals surface area (Å²) in [7, 11) is 3.15. The fourth-order valence-electron chi connectivity index (χ4n) is 2.07. The van der Waals surface area contributed by atoms with Crippen LogP contribution in [0.3, 0.4) is 0 Å². The molecule has 0 fully saturated rings. The van der Waals surface area contributed by atoms with Gasteiger partial charge in [0.05, 0.1) is 0 Å². The zero-order valence-corrected chi connectivity index (χ0v) is 12.0. The van der Waals surface area contributed by atoms with Crippen LogP contribution in [0.5, 0.6) is 0 Å². The highest BCUT2D eigenvalue weighted by atomic mass is 16.2. The third-order valence-electron chi connectivity index (χ3n) is 3.51. The molecule has 0 saturated heterocycles. The monoisotopic (exact) mass is 273 g/mol. The first-order valence-corrected chi connectivity index (χ1v) is 6.55. The molecule has 5 nitrogen and oxygen atoms in total. The van der Waals surface area contributed by atoms with Gasteiger partial charge < -0.3 is 5.32 Å². The minimum atomic E-state index is -0.304. The Balaban J connectivity index is 2.16. The summed E-state index contributed by atoms with van der Waals surface area (Å²) in [6.07, 6.45) is 0. The fraction of sp³-hybridized carbons (Fsp3) is 0.333. The maximum Gasteiger partial charge on any atom is 0.330 e. The van der Waals surface area contributed by atoms with Gasteiger partial charge >= 0.3 is 5.69 Å². The molecule has 2 rings (SSSR count). The van der Waals surface area contributed by atoms with Crippen molar-refractivity contribution in [1.29, 1.82) is 0 Å². The van der Waals surface area contributed by atoms with Gasteiger partial charge in [-0.25, -0.2) is 4.79 Å². The van der Waals surface area contributed by atoms with Crippen LogP contribution in [0.4, 0.5) is 0 Å². The molecule has 106 valence electrons. The Morgan fingerprint density at radius 1 is 1.10 bits per heavy atom. The summed E-state index contributed by atoms with van der Waals surface area (Å²) < 4.78 is 2.59. The van der Waals surface area contributed by atoms with Crippen LogP contribution in [-0.2, 0) is 20.6 Å². The molecule has 0 aliphatic heterocycles. The van der Waals surface area contributed by atoms with Crippen LogP contribution >= 0.6 is 0 Å². The summed E-state index contributed by atoms with van der Waals surface area (Å²) in [5.41, 5.74) is 1.26. The molecule has 1 unspecified atom stereocenters. The zero-order chi connectivity index (χ0) is 14.7. The Labute approximate surface area is 117 Å². The van der Waals surface area contributed by atoms with Crippen molar-refractivity contribution in [2.45, 2.75) is 19.5 Å². The number of rotatable bonds is 4. The van der Waals surface area contributed by atoms with Gasteiger partial charge in [-0.15, -0.1) is 0 Å². The Morgan fingerprint density at radius 3 is 2.40 bits per heavy atom. The molecule has 1 heterocycles. The van der Waals surface area contributed by atoms with E-state index < -0.39 is 0 Å². The zero-order valence-electron chi connectivity index (χ0n) is 12.0. The van der Waals surface area contributed by atoms with Crippen molar-refractivity contribution in [3.8, 4) is 0 Å². The van der Waals surface area contributed by atoms with E-state index in [9.17, 15) is 9.59 Å². The molecule has 1 N–H and O–H groups in total. The number of nitrogens with one attached hydrogen (secondary N) is 1. The molecular formula is C15H19N3O2. The van der Waals surface area contributed by atoms with Crippen molar-refractivity contribution in [3.05, 3.63) is 68.5 Å². The van der Waals surface area contributed by atoms with Crippen molar-refractivity contribution in [2.24, 2.45) is 14.1 Å². The Kier molecular flexibility index (Phi) is 4.20. The molecule has 0 saturated carbocycles. The quantitative estimate of drug-likeness (QED) is 0.902. The summed E-state index contributed by atoms with van der Waals surface area (Å²) >= 11 is 0. The standard InChI is InChI=1S/C15H19N3O2/c1-11(12-7-5-4-6-8-12)16-10-13-9-14(19)18(3)15(20)17(13)2/h4-9,11,16H,10H2,1-3H3. The lowest BCUT2D eigenvalue weighted by atomic mass is 10.1. The highest BCUT2D eigenvalue weighted by Crippen LogP contribution is 2.11. The Morgan fingerprint density at radius 2 is 1.75 bits per heavy atom. The largest absolute Gasteiger partial charge is 0.330 e. The van der Waals surface area contributed by atoms with Crippen LogP contribution in [0.15, 0.2) is 46.0 Å². The highest BCUT2D eigenvalue weighted by molar-refractivity contribution is 5.18. The first-order valence-electron chi connectivity index (χ1n) is 6.55. The molecular weight excluding hydrogens is 254 g/mol. The molecule has 0 radical (unpaired) electrons. The molecule has 0 aliphatic carbocycles.